The standard InChI is InChI=1S/C35H29BrN2O6S/c1-4-42-34(40)31-21(2)37-35-38(32(31)28-17-16-26(44-28)24-11-13-25(36)14-12-24)33(39)30(45-35)19-23-10-15-27(29(18-23)41-3)43-20-22-8-6-5-7-9-22/h5-19,32H,4,20H2,1-3H3/b30-19-/t32-/m1/s1. The lowest BCUT2D eigenvalue weighted by Gasteiger charge is -2.22. The number of hydrogen-bond acceptors (Lipinski definition) is 8. The zero-order chi connectivity index (χ0) is 31.5. The maximum absolute atomic E-state index is 14.0. The monoisotopic (exact) mass is 684 g/mol. The predicted molar refractivity (Wildman–Crippen MR) is 176 cm³/mol. The summed E-state index contributed by atoms with van der Waals surface area (Å²) in [6.45, 7) is 4.06. The molecule has 1 atom stereocenters. The van der Waals surface area contributed by atoms with E-state index >= 15 is 0 Å². The Morgan fingerprint density at radius 2 is 1.82 bits per heavy atom. The van der Waals surface area contributed by atoms with Gasteiger partial charge in [0.1, 0.15) is 24.2 Å². The minimum Gasteiger partial charge on any atom is -0.493 e. The smallest absolute Gasteiger partial charge is 0.338 e. The number of aromatic nitrogens is 1. The number of carbonyl (C=O) groups excluding carboxylic acids is 1. The van der Waals surface area contributed by atoms with Crippen LogP contribution in [0.1, 0.15) is 36.8 Å². The van der Waals surface area contributed by atoms with Crippen molar-refractivity contribution in [3.05, 3.63) is 137 Å². The van der Waals surface area contributed by atoms with Crippen molar-refractivity contribution in [1.82, 2.24) is 4.57 Å². The summed E-state index contributed by atoms with van der Waals surface area (Å²) in [5, 5.41) is 0. The maximum atomic E-state index is 14.0. The van der Waals surface area contributed by atoms with Crippen molar-refractivity contribution >= 4 is 39.3 Å². The molecule has 5 aromatic rings. The zero-order valence-electron chi connectivity index (χ0n) is 24.8. The van der Waals surface area contributed by atoms with Crippen molar-refractivity contribution in [2.75, 3.05) is 13.7 Å². The average Bonchev–Trinajstić information content (AvgIpc) is 3.65. The largest absolute Gasteiger partial charge is 0.493 e. The molecule has 0 fully saturated rings. The van der Waals surface area contributed by atoms with E-state index < -0.39 is 12.0 Å². The molecule has 10 heteroatoms. The third-order valence-corrected chi connectivity index (χ3v) is 8.78. The van der Waals surface area contributed by atoms with Crippen molar-refractivity contribution in [2.45, 2.75) is 26.5 Å². The number of rotatable bonds is 9. The Kier molecular flexibility index (Phi) is 8.86. The van der Waals surface area contributed by atoms with Gasteiger partial charge in [-0.25, -0.2) is 9.79 Å². The molecule has 0 unspecified atom stereocenters. The lowest BCUT2D eigenvalue weighted by atomic mass is 10.0. The van der Waals surface area contributed by atoms with Gasteiger partial charge in [-0.15, -0.1) is 0 Å². The Bertz CT molecular complexity index is 2080. The van der Waals surface area contributed by atoms with E-state index in [1.807, 2.05) is 78.9 Å². The number of allylic oxidation sites excluding steroid dienone is 1. The Morgan fingerprint density at radius 1 is 1.04 bits per heavy atom. The molecule has 1 aliphatic heterocycles. The molecule has 1 aliphatic rings. The number of benzene rings is 3. The number of fused-ring (bicyclic) bond motifs is 1. The van der Waals surface area contributed by atoms with Gasteiger partial charge in [-0.3, -0.25) is 9.36 Å². The molecular weight excluding hydrogens is 656 g/mol. The molecule has 0 N–H and O–H groups in total. The van der Waals surface area contributed by atoms with Crippen LogP contribution < -0.4 is 24.4 Å². The van der Waals surface area contributed by atoms with Crippen LogP contribution in [-0.2, 0) is 16.1 Å². The van der Waals surface area contributed by atoms with Crippen LogP contribution in [0.5, 0.6) is 11.5 Å². The van der Waals surface area contributed by atoms with E-state index in [4.69, 9.17) is 18.6 Å². The minimum absolute atomic E-state index is 0.182. The number of esters is 1. The molecule has 228 valence electrons. The third-order valence-electron chi connectivity index (χ3n) is 7.26. The molecule has 0 amide bonds. The third kappa shape index (κ3) is 6.29. The summed E-state index contributed by atoms with van der Waals surface area (Å²) >= 11 is 4.70. The summed E-state index contributed by atoms with van der Waals surface area (Å²) in [6, 6.07) is 25.9. The van der Waals surface area contributed by atoms with E-state index in [1.165, 1.54) is 15.9 Å². The summed E-state index contributed by atoms with van der Waals surface area (Å²) in [5.74, 6) is 1.63. The highest BCUT2D eigenvalue weighted by molar-refractivity contribution is 9.10. The Balaban J connectivity index is 1.40. The van der Waals surface area contributed by atoms with Gasteiger partial charge in [0.2, 0.25) is 0 Å². The second-order valence-corrected chi connectivity index (χ2v) is 12.1. The molecule has 3 aromatic carbocycles. The maximum Gasteiger partial charge on any atom is 0.338 e. The van der Waals surface area contributed by atoms with Crippen molar-refractivity contribution in [3.8, 4) is 22.8 Å². The molecule has 0 saturated heterocycles. The molecule has 2 aromatic heterocycles. The number of furan rings is 1. The Labute approximate surface area is 271 Å². The first-order chi connectivity index (χ1) is 21.9. The van der Waals surface area contributed by atoms with Gasteiger partial charge in [0, 0.05) is 10.0 Å². The number of ether oxygens (including phenoxy) is 3. The van der Waals surface area contributed by atoms with Crippen molar-refractivity contribution in [2.24, 2.45) is 4.99 Å². The van der Waals surface area contributed by atoms with Crippen LogP contribution in [0.2, 0.25) is 0 Å². The molecule has 0 bridgehead atoms. The molecule has 0 radical (unpaired) electrons. The van der Waals surface area contributed by atoms with E-state index in [1.54, 1.807) is 33.1 Å². The molecule has 8 nitrogen and oxygen atoms in total. The number of nitrogens with zero attached hydrogens (tertiary/aromatic N) is 2. The lowest BCUT2D eigenvalue weighted by molar-refractivity contribution is -0.139. The van der Waals surface area contributed by atoms with Crippen molar-refractivity contribution in [3.63, 3.8) is 0 Å². The highest BCUT2D eigenvalue weighted by atomic mass is 79.9. The number of carbonyl (C=O) groups is 1. The van der Waals surface area contributed by atoms with Crippen LogP contribution in [0.15, 0.2) is 115 Å². The van der Waals surface area contributed by atoms with Crippen molar-refractivity contribution < 1.29 is 23.4 Å². The van der Waals surface area contributed by atoms with Crippen LogP contribution in [0, 0.1) is 0 Å². The Hall–Kier alpha value is -4.67. The first-order valence-corrected chi connectivity index (χ1v) is 15.9. The normalized spacial score (nSPS) is 14.6. The molecular formula is C35H29BrN2O6S. The SMILES string of the molecule is CCOC(=O)C1=C(C)N=c2s/c(=C\c3ccc(OCc4ccccc4)c(OC)c3)c(=O)n2[C@@H]1c1ccc(-c2ccc(Br)cc2)o1. The summed E-state index contributed by atoms with van der Waals surface area (Å²) in [4.78, 5) is 32.4. The van der Waals surface area contributed by atoms with Gasteiger partial charge in [0.05, 0.1) is 29.5 Å². The topological polar surface area (TPSA) is 92.3 Å². The van der Waals surface area contributed by atoms with Crippen LogP contribution >= 0.6 is 27.3 Å². The van der Waals surface area contributed by atoms with Gasteiger partial charge in [-0.2, -0.15) is 0 Å². The minimum atomic E-state index is -0.852. The predicted octanol–water partition coefficient (Wildman–Crippen LogP) is 6.41. The zero-order valence-corrected chi connectivity index (χ0v) is 27.2. The summed E-state index contributed by atoms with van der Waals surface area (Å²) < 4.78 is 26.2. The van der Waals surface area contributed by atoms with E-state index in [9.17, 15) is 9.59 Å². The van der Waals surface area contributed by atoms with Crippen molar-refractivity contribution in [1.29, 1.82) is 0 Å². The fourth-order valence-corrected chi connectivity index (χ4v) is 6.42. The van der Waals surface area contributed by atoms with Gasteiger partial charge in [0.25, 0.3) is 5.56 Å². The molecule has 3 heterocycles. The van der Waals surface area contributed by atoms with Gasteiger partial charge in [0.15, 0.2) is 16.3 Å². The van der Waals surface area contributed by atoms with Crippen LogP contribution in [-0.4, -0.2) is 24.3 Å². The van der Waals surface area contributed by atoms with E-state index in [-0.39, 0.29) is 17.7 Å². The number of methoxy groups -OCH3 is 1. The average molecular weight is 686 g/mol. The highest BCUT2D eigenvalue weighted by Gasteiger charge is 2.35. The second-order valence-electron chi connectivity index (χ2n) is 10.2. The van der Waals surface area contributed by atoms with Gasteiger partial charge in [-0.05, 0) is 67.4 Å². The van der Waals surface area contributed by atoms with Crippen LogP contribution in [0.3, 0.4) is 0 Å². The summed E-state index contributed by atoms with van der Waals surface area (Å²) in [5.41, 5.74) is 3.07. The Morgan fingerprint density at radius 3 is 2.56 bits per heavy atom. The second kappa shape index (κ2) is 13.1. The number of thiazole rings is 1. The molecule has 0 spiro atoms. The van der Waals surface area contributed by atoms with E-state index in [0.717, 1.165) is 21.2 Å². The molecule has 0 saturated carbocycles. The number of halogens is 1. The molecule has 6 rings (SSSR count). The lowest BCUT2D eigenvalue weighted by Crippen LogP contribution is -2.39. The quantitative estimate of drug-likeness (QED) is 0.167. The van der Waals surface area contributed by atoms with Crippen LogP contribution in [0.25, 0.3) is 17.4 Å². The fourth-order valence-electron chi connectivity index (χ4n) is 5.11. The van der Waals surface area contributed by atoms with Gasteiger partial charge < -0.3 is 18.6 Å². The molecule has 0 aliphatic carbocycles. The number of hydrogen-bond donors (Lipinski definition) is 0. The van der Waals surface area contributed by atoms with Crippen LogP contribution in [0.4, 0.5) is 0 Å². The molecule has 45 heavy (non-hydrogen) atoms. The summed E-state index contributed by atoms with van der Waals surface area (Å²) in [6.07, 6.45) is 1.78. The van der Waals surface area contributed by atoms with Gasteiger partial charge >= 0.3 is 5.97 Å². The van der Waals surface area contributed by atoms with Gasteiger partial charge in [-0.1, -0.05) is 75.8 Å². The summed E-state index contributed by atoms with van der Waals surface area (Å²) in [7, 11) is 1.58. The first kappa shape index (κ1) is 30.4. The van der Waals surface area contributed by atoms with E-state index in [0.29, 0.717) is 44.7 Å². The van der Waals surface area contributed by atoms with E-state index in [2.05, 4.69) is 20.9 Å². The highest BCUT2D eigenvalue weighted by Crippen LogP contribution is 2.35. The fraction of sp³-hybridized carbons (Fsp3) is 0.171. The first-order valence-electron chi connectivity index (χ1n) is 14.3.